The van der Waals surface area contributed by atoms with Crippen LogP contribution in [0, 0.1) is 16.7 Å². The minimum Gasteiger partial charge on any atom is -0.456 e. The first-order valence-electron chi connectivity index (χ1n) is 19.2. The molecule has 3 aliphatic carbocycles. The van der Waals surface area contributed by atoms with Crippen LogP contribution < -0.4 is 5.32 Å². The van der Waals surface area contributed by atoms with Gasteiger partial charge in [0, 0.05) is 24.2 Å². The van der Waals surface area contributed by atoms with Crippen LogP contribution in [0.25, 0.3) is 0 Å². The smallest absolute Gasteiger partial charge is 0.408 e. The highest BCUT2D eigenvalue weighted by atomic mass is 16.6. The van der Waals surface area contributed by atoms with Gasteiger partial charge in [-0.3, -0.25) is 9.59 Å². The first-order valence-corrected chi connectivity index (χ1v) is 19.2. The number of Topliss-reactive ketones (excluding diaryl/α,β-unsaturated/α-hetero) is 1. The minimum absolute atomic E-state index is 0.0500. The van der Waals surface area contributed by atoms with Crippen LogP contribution in [0.1, 0.15) is 96.6 Å². The molecule has 1 aliphatic heterocycles. The fraction of sp³-hybridized carbons (Fsp3) is 0.558. The summed E-state index contributed by atoms with van der Waals surface area (Å²) in [5, 5.41) is 39.7. The Bertz CT molecular complexity index is 1940. The lowest BCUT2D eigenvalue weighted by molar-refractivity contribution is -0.332. The fourth-order valence-electron chi connectivity index (χ4n) is 9.58. The van der Waals surface area contributed by atoms with Crippen molar-refractivity contribution in [2.24, 2.45) is 16.7 Å². The van der Waals surface area contributed by atoms with E-state index in [2.05, 4.69) is 5.32 Å². The van der Waals surface area contributed by atoms with E-state index < -0.39 is 106 Å². The third-order valence-electron chi connectivity index (χ3n) is 12.4. The van der Waals surface area contributed by atoms with E-state index >= 15 is 0 Å². The van der Waals surface area contributed by atoms with Gasteiger partial charge in [-0.15, -0.1) is 0 Å². The van der Waals surface area contributed by atoms with Crippen molar-refractivity contribution in [2.75, 3.05) is 6.61 Å². The largest absolute Gasteiger partial charge is 0.456 e. The number of aliphatic hydroxyl groups is 3. The number of amides is 1. The Labute approximate surface area is 331 Å². The van der Waals surface area contributed by atoms with Crippen LogP contribution in [0.5, 0.6) is 0 Å². The summed E-state index contributed by atoms with van der Waals surface area (Å²) in [6.45, 7) is 12.4. The molecule has 14 heteroatoms. The van der Waals surface area contributed by atoms with Crippen molar-refractivity contribution in [1.82, 2.24) is 5.32 Å². The number of aliphatic hydroxyl groups excluding tert-OH is 2. The molecular formula is C43H53NO13. The number of hydrogen-bond acceptors (Lipinski definition) is 13. The van der Waals surface area contributed by atoms with Crippen LogP contribution in [0.2, 0.25) is 0 Å². The Hall–Kier alpha value is -4.63. The molecule has 4 N–H and O–H groups in total. The summed E-state index contributed by atoms with van der Waals surface area (Å²) in [4.78, 5) is 68.8. The number of alkyl carbamates (subject to hydrolysis) is 1. The number of carbonyl (C=O) groups is 5. The number of carbonyl (C=O) groups excluding carboxylic acids is 5. The molecule has 57 heavy (non-hydrogen) atoms. The van der Waals surface area contributed by atoms with Crippen molar-refractivity contribution < 1.29 is 63.0 Å². The molecule has 1 amide bonds. The number of ether oxygens (including phenoxy) is 5. The highest BCUT2D eigenvalue weighted by Crippen LogP contribution is 2.64. The van der Waals surface area contributed by atoms with Crippen molar-refractivity contribution >= 4 is 29.8 Å². The highest BCUT2D eigenvalue weighted by Gasteiger charge is 2.76. The van der Waals surface area contributed by atoms with Gasteiger partial charge in [-0.2, -0.15) is 0 Å². The predicted octanol–water partition coefficient (Wildman–Crippen LogP) is 4.29. The van der Waals surface area contributed by atoms with Crippen molar-refractivity contribution in [2.45, 2.75) is 128 Å². The molecule has 1 heterocycles. The lowest BCUT2D eigenvalue weighted by Crippen LogP contribution is -2.79. The van der Waals surface area contributed by atoms with E-state index in [1.165, 1.54) is 19.1 Å². The lowest BCUT2D eigenvalue weighted by Gasteiger charge is -2.66. The predicted molar refractivity (Wildman–Crippen MR) is 202 cm³/mol. The molecule has 4 aliphatic rings. The molecule has 2 aromatic carbocycles. The molecule has 0 radical (unpaired) electrons. The molecule has 6 rings (SSSR count). The molecule has 0 aromatic heterocycles. The molecule has 0 spiro atoms. The quantitative estimate of drug-likeness (QED) is 0.168. The molecular weight excluding hydrogens is 738 g/mol. The van der Waals surface area contributed by atoms with Gasteiger partial charge in [0.15, 0.2) is 17.5 Å². The normalized spacial score (nSPS) is 32.8. The molecule has 10 atom stereocenters. The molecule has 3 fully saturated rings. The molecule has 308 valence electrons. The number of nitrogens with one attached hydrogen (secondary N) is 1. The van der Waals surface area contributed by atoms with Crippen LogP contribution in [-0.2, 0) is 38.1 Å². The van der Waals surface area contributed by atoms with Crippen molar-refractivity contribution in [3.8, 4) is 0 Å². The summed E-state index contributed by atoms with van der Waals surface area (Å²) >= 11 is 0. The Kier molecular flexibility index (Phi) is 11.0. The van der Waals surface area contributed by atoms with Gasteiger partial charge in [-0.1, -0.05) is 69.3 Å². The lowest BCUT2D eigenvalue weighted by atomic mass is 9.45. The zero-order chi connectivity index (χ0) is 41.9. The van der Waals surface area contributed by atoms with Gasteiger partial charge in [0.25, 0.3) is 0 Å². The second kappa shape index (κ2) is 14.9. The number of benzene rings is 2. The van der Waals surface area contributed by atoms with E-state index in [9.17, 15) is 39.3 Å². The van der Waals surface area contributed by atoms with Crippen LogP contribution in [0.4, 0.5) is 4.79 Å². The maximum absolute atomic E-state index is 14.9. The van der Waals surface area contributed by atoms with E-state index in [0.29, 0.717) is 5.56 Å². The van der Waals surface area contributed by atoms with E-state index in [4.69, 9.17) is 23.7 Å². The van der Waals surface area contributed by atoms with Crippen molar-refractivity contribution in [3.05, 3.63) is 82.9 Å². The summed E-state index contributed by atoms with van der Waals surface area (Å²) in [5.74, 6) is -4.63. The second-order valence-electron chi connectivity index (χ2n) is 17.5. The maximum atomic E-state index is 14.9. The third kappa shape index (κ3) is 7.26. The SMILES string of the molecule is CC(=O)O[C@@]12CO[C@@H]1CC[C@@]1(C)C(=O)[C@H](O)C3=C(C)[C@@H](OC(=O)[C@H](O)[C@@H](NC(=O)OC(C)(C)C)c4ccccc4)C[C@@](O)([C@@H](OC(=O)c4ccccc4)[C@H]21)C3(C)C. The Morgan fingerprint density at radius 3 is 2.14 bits per heavy atom. The van der Waals surface area contributed by atoms with Crippen LogP contribution in [0.15, 0.2) is 71.8 Å². The van der Waals surface area contributed by atoms with Gasteiger partial charge in [-0.25, -0.2) is 14.4 Å². The van der Waals surface area contributed by atoms with Crippen LogP contribution >= 0.6 is 0 Å². The van der Waals surface area contributed by atoms with Gasteiger partial charge in [0.2, 0.25) is 0 Å². The number of ketones is 1. The van der Waals surface area contributed by atoms with Gasteiger partial charge >= 0.3 is 24.0 Å². The average Bonchev–Trinajstić information content (AvgIpc) is 3.13. The van der Waals surface area contributed by atoms with E-state index in [-0.39, 0.29) is 36.2 Å². The van der Waals surface area contributed by atoms with Gasteiger partial charge < -0.3 is 44.3 Å². The second-order valence-corrected chi connectivity index (χ2v) is 17.5. The average molecular weight is 792 g/mol. The van der Waals surface area contributed by atoms with Crippen molar-refractivity contribution in [1.29, 1.82) is 0 Å². The van der Waals surface area contributed by atoms with E-state index in [1.54, 1.807) is 97.0 Å². The standard InChI is InChI=1S/C43H53NO13/c1-23-27(54-37(50)32(47)30(25-15-11-9-12-16-25)44-38(51)57-39(3,4)5)21-43(52)35(55-36(49)26-17-13-10-14-18-26)33-41(8,34(48)31(46)29(23)40(43,6)7)20-19-28-42(33,22-53-28)56-24(2)45/h9-18,27-28,30-33,35,46-47,52H,19-22H2,1-8H3,(H,44,51)/t27-,28+,30-,31+,32+,33-,35-,41+,42-,43+/m0/s1. The zero-order valence-electron chi connectivity index (χ0n) is 33.6. The molecule has 1 saturated heterocycles. The van der Waals surface area contributed by atoms with E-state index in [1.807, 2.05) is 0 Å². The fourth-order valence-corrected chi connectivity index (χ4v) is 9.58. The van der Waals surface area contributed by atoms with Gasteiger partial charge in [-0.05, 0) is 69.4 Å². The van der Waals surface area contributed by atoms with Crippen molar-refractivity contribution in [3.63, 3.8) is 0 Å². The highest BCUT2D eigenvalue weighted by molar-refractivity contribution is 5.93. The number of esters is 3. The third-order valence-corrected chi connectivity index (χ3v) is 12.4. The maximum Gasteiger partial charge on any atom is 0.408 e. The van der Waals surface area contributed by atoms with E-state index in [0.717, 1.165) is 0 Å². The number of hydrogen-bond donors (Lipinski definition) is 4. The molecule has 2 aromatic rings. The molecule has 2 bridgehead atoms. The summed E-state index contributed by atoms with van der Waals surface area (Å²) in [7, 11) is 0. The first-order chi connectivity index (χ1) is 26.6. The zero-order valence-corrected chi connectivity index (χ0v) is 33.6. The number of fused-ring (bicyclic) bond motifs is 5. The summed E-state index contributed by atoms with van der Waals surface area (Å²) in [6.07, 6.45) is -8.51. The summed E-state index contributed by atoms with van der Waals surface area (Å²) < 4.78 is 29.8. The van der Waals surface area contributed by atoms with Gasteiger partial charge in [0.05, 0.1) is 24.1 Å². The Morgan fingerprint density at radius 1 is 0.965 bits per heavy atom. The Balaban J connectivity index is 1.47. The number of rotatable bonds is 8. The minimum atomic E-state index is -2.23. The topological polar surface area (TPSA) is 204 Å². The monoisotopic (exact) mass is 791 g/mol. The molecule has 0 unspecified atom stereocenters. The molecule has 14 nitrogen and oxygen atoms in total. The Morgan fingerprint density at radius 2 is 1.58 bits per heavy atom. The first kappa shape index (κ1) is 42.0. The summed E-state index contributed by atoms with van der Waals surface area (Å²) in [5.41, 5.74) is -6.95. The van der Waals surface area contributed by atoms with Gasteiger partial charge in [0.1, 0.15) is 35.6 Å². The summed E-state index contributed by atoms with van der Waals surface area (Å²) in [6, 6.07) is 14.9. The van der Waals surface area contributed by atoms with Crippen LogP contribution in [0.3, 0.4) is 0 Å². The molecule has 2 saturated carbocycles. The van der Waals surface area contributed by atoms with Crippen LogP contribution in [-0.4, -0.2) is 99.0 Å².